The van der Waals surface area contributed by atoms with Gasteiger partial charge in [0.05, 0.1) is 11.7 Å². The molecule has 6 heteroatoms. The maximum atomic E-state index is 6.09. The van der Waals surface area contributed by atoms with Crippen molar-refractivity contribution in [3.63, 3.8) is 0 Å². The van der Waals surface area contributed by atoms with E-state index in [9.17, 15) is 0 Å². The topological polar surface area (TPSA) is 28.5 Å². The maximum Gasteiger partial charge on any atom is 0.160 e. The zero-order valence-corrected chi connectivity index (χ0v) is 19.0. The Hall–Kier alpha value is -1.95. The lowest BCUT2D eigenvalue weighted by Gasteiger charge is -2.33. The van der Waals surface area contributed by atoms with Gasteiger partial charge in [-0.2, -0.15) is 0 Å². The van der Waals surface area contributed by atoms with Gasteiger partial charge in [0.15, 0.2) is 5.17 Å². The lowest BCUT2D eigenvalue weighted by molar-refractivity contribution is 0.252. The van der Waals surface area contributed by atoms with Gasteiger partial charge in [-0.1, -0.05) is 66.3 Å². The minimum Gasteiger partial charge on any atom is -0.338 e. The molecule has 30 heavy (non-hydrogen) atoms. The molecule has 5 rings (SSSR count). The molecule has 2 aliphatic heterocycles. The highest BCUT2D eigenvalue weighted by molar-refractivity contribution is 8.14. The number of amidine groups is 1. The summed E-state index contributed by atoms with van der Waals surface area (Å²) in [5.41, 5.74) is 2.35. The summed E-state index contributed by atoms with van der Waals surface area (Å²) in [7, 11) is 0. The Morgan fingerprint density at radius 1 is 1.07 bits per heavy atom. The van der Waals surface area contributed by atoms with Crippen molar-refractivity contribution in [1.29, 1.82) is 0 Å². The van der Waals surface area contributed by atoms with Gasteiger partial charge >= 0.3 is 0 Å². The highest BCUT2D eigenvalue weighted by atomic mass is 35.5. The molecule has 0 aliphatic carbocycles. The van der Waals surface area contributed by atoms with Crippen molar-refractivity contribution < 1.29 is 0 Å². The van der Waals surface area contributed by atoms with Crippen molar-refractivity contribution in [2.45, 2.75) is 41.3 Å². The number of benzene rings is 2. The third-order valence-corrected chi connectivity index (χ3v) is 8.09. The molecule has 0 spiro atoms. The van der Waals surface area contributed by atoms with Crippen LogP contribution in [0.25, 0.3) is 0 Å². The summed E-state index contributed by atoms with van der Waals surface area (Å²) in [5.74, 6) is 1.10. The van der Waals surface area contributed by atoms with Crippen LogP contribution in [-0.2, 0) is 0 Å². The Balaban J connectivity index is 1.57. The molecule has 3 nitrogen and oxygen atoms in total. The molecule has 3 atom stereocenters. The van der Waals surface area contributed by atoms with Crippen LogP contribution in [0.15, 0.2) is 87.7 Å². The number of rotatable bonds is 5. The number of fused-ring (bicyclic) bond motifs is 1. The van der Waals surface area contributed by atoms with E-state index >= 15 is 0 Å². The zero-order valence-electron chi connectivity index (χ0n) is 16.6. The first-order valence-corrected chi connectivity index (χ1v) is 12.3. The van der Waals surface area contributed by atoms with E-state index in [0.29, 0.717) is 6.04 Å². The average Bonchev–Trinajstić information content (AvgIpc) is 3.35. The summed E-state index contributed by atoms with van der Waals surface area (Å²) >= 11 is 9.76. The molecule has 0 amide bonds. The lowest BCUT2D eigenvalue weighted by atomic mass is 9.95. The van der Waals surface area contributed by atoms with Crippen LogP contribution >= 0.6 is 35.1 Å². The molecule has 0 N–H and O–H groups in total. The Bertz CT molecular complexity index is 1060. The third kappa shape index (κ3) is 3.75. The second-order valence-electron chi connectivity index (χ2n) is 7.43. The van der Waals surface area contributed by atoms with Crippen molar-refractivity contribution in [2.75, 3.05) is 5.75 Å². The zero-order chi connectivity index (χ0) is 20.5. The van der Waals surface area contributed by atoms with Gasteiger partial charge in [0.2, 0.25) is 0 Å². The van der Waals surface area contributed by atoms with E-state index in [2.05, 4.69) is 65.3 Å². The number of hydrogen-bond donors (Lipinski definition) is 0. The molecule has 1 saturated heterocycles. The van der Waals surface area contributed by atoms with E-state index in [1.165, 1.54) is 15.4 Å². The Morgan fingerprint density at radius 3 is 2.63 bits per heavy atom. The van der Waals surface area contributed by atoms with Gasteiger partial charge in [0.1, 0.15) is 6.04 Å². The van der Waals surface area contributed by atoms with Gasteiger partial charge in [-0.05, 0) is 54.4 Å². The number of nitrogens with zero attached hydrogens (tertiary/aromatic N) is 3. The second-order valence-corrected chi connectivity index (χ2v) is 9.97. The number of aliphatic imine (C=N–C) groups is 1. The molecule has 1 aromatic heterocycles. The molecule has 2 aromatic carbocycles. The van der Waals surface area contributed by atoms with E-state index in [1.54, 1.807) is 11.8 Å². The first-order valence-electron chi connectivity index (χ1n) is 10.2. The summed E-state index contributed by atoms with van der Waals surface area (Å²) < 4.78 is 0. The summed E-state index contributed by atoms with van der Waals surface area (Å²) in [6.45, 7) is 2.27. The average molecular weight is 452 g/mol. The largest absolute Gasteiger partial charge is 0.338 e. The minimum absolute atomic E-state index is 0.00928. The number of aromatic nitrogens is 1. The van der Waals surface area contributed by atoms with Crippen molar-refractivity contribution in [2.24, 2.45) is 4.99 Å². The molecule has 3 heterocycles. The fraction of sp³-hybridized carbons (Fsp3) is 0.250. The fourth-order valence-corrected chi connectivity index (χ4v) is 6.58. The Morgan fingerprint density at radius 2 is 1.87 bits per heavy atom. The predicted molar refractivity (Wildman–Crippen MR) is 128 cm³/mol. The molecule has 0 unspecified atom stereocenters. The SMILES string of the molecule is CC[C@H]1CSC2=N[C@H](c3ccccn3)[C@@H](c3ccccc3Sc3ccc(Cl)cc3)N21. The minimum atomic E-state index is 0.00928. The maximum absolute atomic E-state index is 6.09. The first kappa shape index (κ1) is 20.0. The summed E-state index contributed by atoms with van der Waals surface area (Å²) in [4.78, 5) is 14.8. The van der Waals surface area contributed by atoms with E-state index in [0.717, 1.165) is 28.1 Å². The standard InChI is InChI=1S/C24H22ClN3S2/c1-2-17-15-29-24-27-22(20-8-5-6-14-26-20)23(28(17)24)19-7-3-4-9-21(19)30-18-12-10-16(25)11-13-18/h3-14,17,22-23H,2,15H2,1H3/t17-,22+,23+/m0/s1. The van der Waals surface area contributed by atoms with Crippen LogP contribution in [-0.4, -0.2) is 26.8 Å². The summed E-state index contributed by atoms with van der Waals surface area (Å²) in [6.07, 6.45) is 2.98. The van der Waals surface area contributed by atoms with Gasteiger partial charge in [0.25, 0.3) is 0 Å². The number of pyridine rings is 1. The van der Waals surface area contributed by atoms with Crippen LogP contribution in [0, 0.1) is 0 Å². The number of thioether (sulfide) groups is 1. The lowest BCUT2D eigenvalue weighted by Crippen LogP contribution is -2.35. The second kappa shape index (κ2) is 8.66. The van der Waals surface area contributed by atoms with E-state index in [1.807, 2.05) is 36.2 Å². The van der Waals surface area contributed by atoms with Crippen molar-refractivity contribution in [3.8, 4) is 0 Å². The number of hydrogen-bond acceptors (Lipinski definition) is 5. The van der Waals surface area contributed by atoms with Crippen LogP contribution in [0.5, 0.6) is 0 Å². The van der Waals surface area contributed by atoms with Crippen LogP contribution in [0.4, 0.5) is 0 Å². The van der Waals surface area contributed by atoms with Gasteiger partial charge in [-0.25, -0.2) is 0 Å². The van der Waals surface area contributed by atoms with E-state index in [4.69, 9.17) is 16.6 Å². The smallest absolute Gasteiger partial charge is 0.160 e. The fourth-order valence-electron chi connectivity index (χ4n) is 4.13. The Kier molecular flexibility index (Phi) is 5.77. The van der Waals surface area contributed by atoms with E-state index < -0.39 is 0 Å². The van der Waals surface area contributed by atoms with Gasteiger partial charge in [-0.3, -0.25) is 9.98 Å². The molecule has 3 aromatic rings. The van der Waals surface area contributed by atoms with Crippen molar-refractivity contribution in [1.82, 2.24) is 9.88 Å². The highest BCUT2D eigenvalue weighted by Gasteiger charge is 2.46. The summed E-state index contributed by atoms with van der Waals surface area (Å²) in [5, 5.41) is 1.92. The van der Waals surface area contributed by atoms with Crippen molar-refractivity contribution in [3.05, 3.63) is 89.2 Å². The normalized spacial score (nSPS) is 22.8. The van der Waals surface area contributed by atoms with Gasteiger partial charge in [0, 0.05) is 32.8 Å². The summed E-state index contributed by atoms with van der Waals surface area (Å²) in [6, 6.07) is 23.6. The quantitative estimate of drug-likeness (QED) is 0.423. The molecular weight excluding hydrogens is 430 g/mol. The van der Waals surface area contributed by atoms with Gasteiger partial charge < -0.3 is 4.90 Å². The first-order chi connectivity index (χ1) is 14.7. The van der Waals surface area contributed by atoms with Crippen molar-refractivity contribution >= 4 is 40.3 Å². The molecule has 152 valence electrons. The number of halogens is 1. The molecule has 0 bridgehead atoms. The molecule has 0 radical (unpaired) electrons. The molecule has 0 saturated carbocycles. The van der Waals surface area contributed by atoms with Crippen LogP contribution in [0.3, 0.4) is 0 Å². The van der Waals surface area contributed by atoms with Gasteiger partial charge in [-0.15, -0.1) is 0 Å². The molecule has 1 fully saturated rings. The van der Waals surface area contributed by atoms with E-state index in [-0.39, 0.29) is 12.1 Å². The highest BCUT2D eigenvalue weighted by Crippen LogP contribution is 2.50. The third-order valence-electron chi connectivity index (χ3n) is 5.61. The monoisotopic (exact) mass is 451 g/mol. The van der Waals surface area contributed by atoms with Crippen LogP contribution in [0.1, 0.15) is 36.7 Å². The molecular formula is C24H22ClN3S2. The Labute approximate surface area is 191 Å². The molecule has 2 aliphatic rings. The van der Waals surface area contributed by atoms with Crippen LogP contribution < -0.4 is 0 Å². The predicted octanol–water partition coefficient (Wildman–Crippen LogP) is 6.87. The van der Waals surface area contributed by atoms with Crippen LogP contribution in [0.2, 0.25) is 5.02 Å².